The number of aromatic hydroxyl groups is 1. The molecule has 7 aromatic rings. The van der Waals surface area contributed by atoms with Crippen molar-refractivity contribution in [1.29, 1.82) is 0 Å². The minimum Gasteiger partial charge on any atom is -0.508 e. The number of esters is 1. The summed E-state index contributed by atoms with van der Waals surface area (Å²) in [6.45, 7) is 0.0219. The fraction of sp³-hybridized carbons (Fsp3) is 0.205. The molecule has 0 aliphatic carbocycles. The van der Waals surface area contributed by atoms with Crippen molar-refractivity contribution in [2.75, 3.05) is 12.0 Å². The topological polar surface area (TPSA) is 196 Å². The molecular formula is C44H41N5O8S. The summed E-state index contributed by atoms with van der Waals surface area (Å²) in [5, 5.41) is 20.3. The molecule has 0 aliphatic rings. The predicted octanol–water partition coefficient (Wildman–Crippen LogP) is 5.51. The Morgan fingerprint density at radius 3 is 1.97 bits per heavy atom. The highest BCUT2D eigenvalue weighted by atomic mass is 32.2. The lowest BCUT2D eigenvalue weighted by Gasteiger charge is -2.25. The first-order valence-electron chi connectivity index (χ1n) is 18.6. The van der Waals surface area contributed by atoms with Crippen molar-refractivity contribution in [1.82, 2.24) is 25.9 Å². The van der Waals surface area contributed by atoms with E-state index in [0.717, 1.165) is 32.9 Å². The molecule has 0 spiro atoms. The summed E-state index contributed by atoms with van der Waals surface area (Å²) in [6, 6.07) is 26.2. The zero-order valence-corrected chi connectivity index (χ0v) is 32.3. The standard InChI is InChI=1S/C44H41N5O8S/c1-58-18-17-36(44(55)56-25-26-9-3-2-4-10-26)47-41(52)38(21-29-24-46-35-14-8-6-12-32(29)35)49-42(53)37(20-28-23-45-34-13-7-5-11-31(28)34)48-40(51)33-19-27-15-16-30(50)22-39(27)57-43(33)54/h2-16,19,22-24,36-38,45-46,50H,17-18,20-21,25H2,1H3,(H,47,52)(H,48,51)(H,49,53)/t36-,37-,38-/m0/s1. The minimum absolute atomic E-state index is 0.0159. The van der Waals surface area contributed by atoms with Crippen molar-refractivity contribution in [3.05, 3.63) is 148 Å². The van der Waals surface area contributed by atoms with E-state index in [2.05, 4.69) is 25.9 Å². The maximum absolute atomic E-state index is 14.5. The van der Waals surface area contributed by atoms with Gasteiger partial charge in [0.2, 0.25) is 11.8 Å². The Balaban J connectivity index is 1.18. The Labute approximate surface area is 336 Å². The van der Waals surface area contributed by atoms with Gasteiger partial charge in [0.25, 0.3) is 5.91 Å². The Kier molecular flexibility index (Phi) is 12.2. The second kappa shape index (κ2) is 18.0. The van der Waals surface area contributed by atoms with Crippen LogP contribution in [0.15, 0.2) is 125 Å². The number of ether oxygens (including phenoxy) is 1. The molecule has 58 heavy (non-hydrogen) atoms. The number of aromatic nitrogens is 2. The molecule has 0 bridgehead atoms. The summed E-state index contributed by atoms with van der Waals surface area (Å²) in [6.07, 6.45) is 5.69. The maximum atomic E-state index is 14.5. The smallest absolute Gasteiger partial charge is 0.349 e. The van der Waals surface area contributed by atoms with Crippen LogP contribution in [0, 0.1) is 0 Å². The second-order valence-corrected chi connectivity index (χ2v) is 14.8. The number of carbonyl (C=O) groups excluding carboxylic acids is 4. The van der Waals surface area contributed by atoms with E-state index >= 15 is 0 Å². The number of phenolic OH excluding ortho intramolecular Hbond substituents is 1. The highest BCUT2D eigenvalue weighted by Crippen LogP contribution is 2.23. The highest BCUT2D eigenvalue weighted by Gasteiger charge is 2.32. The normalized spacial score (nSPS) is 12.8. The molecule has 4 aromatic carbocycles. The van der Waals surface area contributed by atoms with Gasteiger partial charge in [0, 0.05) is 58.5 Å². The number of rotatable bonds is 16. The Hall–Kier alpha value is -6.80. The van der Waals surface area contributed by atoms with Gasteiger partial charge in [-0.25, -0.2) is 9.59 Å². The summed E-state index contributed by atoms with van der Waals surface area (Å²) in [5.41, 5.74) is 2.64. The van der Waals surface area contributed by atoms with E-state index in [-0.39, 0.29) is 42.8 Å². The number of hydrogen-bond donors (Lipinski definition) is 6. The van der Waals surface area contributed by atoms with Crippen LogP contribution >= 0.6 is 11.8 Å². The molecule has 0 saturated carbocycles. The summed E-state index contributed by atoms with van der Waals surface area (Å²) < 4.78 is 11.0. The number of thioether (sulfide) groups is 1. The monoisotopic (exact) mass is 799 g/mol. The molecule has 3 heterocycles. The molecule has 3 amide bonds. The number of benzene rings is 4. The average Bonchev–Trinajstić information content (AvgIpc) is 3.84. The van der Waals surface area contributed by atoms with E-state index < -0.39 is 47.4 Å². The summed E-state index contributed by atoms with van der Waals surface area (Å²) >= 11 is 1.51. The quantitative estimate of drug-likeness (QED) is 0.0540. The van der Waals surface area contributed by atoms with E-state index in [1.54, 1.807) is 12.4 Å². The number of hydrogen-bond acceptors (Lipinski definition) is 9. The molecule has 14 heteroatoms. The van der Waals surface area contributed by atoms with Crippen LogP contribution in [-0.2, 0) is 38.6 Å². The number of fused-ring (bicyclic) bond motifs is 3. The van der Waals surface area contributed by atoms with Gasteiger partial charge < -0.3 is 40.2 Å². The van der Waals surface area contributed by atoms with E-state index in [9.17, 15) is 29.1 Å². The molecule has 0 saturated heterocycles. The Morgan fingerprint density at radius 2 is 1.33 bits per heavy atom. The van der Waals surface area contributed by atoms with Gasteiger partial charge in [0.15, 0.2) is 0 Å². The number of H-pyrrole nitrogens is 2. The van der Waals surface area contributed by atoms with E-state index in [1.165, 1.54) is 36.0 Å². The van der Waals surface area contributed by atoms with E-state index in [0.29, 0.717) is 16.7 Å². The number of para-hydroxylation sites is 2. The van der Waals surface area contributed by atoms with Crippen LogP contribution in [0.1, 0.15) is 33.5 Å². The highest BCUT2D eigenvalue weighted by molar-refractivity contribution is 7.98. The van der Waals surface area contributed by atoms with Gasteiger partial charge in [0.1, 0.15) is 41.6 Å². The third-order valence-electron chi connectivity index (χ3n) is 9.85. The van der Waals surface area contributed by atoms with Crippen molar-refractivity contribution < 1.29 is 33.4 Å². The zero-order valence-electron chi connectivity index (χ0n) is 31.5. The van der Waals surface area contributed by atoms with E-state index in [1.807, 2.05) is 85.1 Å². The molecule has 3 aromatic heterocycles. The minimum atomic E-state index is -1.29. The number of nitrogens with one attached hydrogen (secondary N) is 5. The maximum Gasteiger partial charge on any atom is 0.349 e. The molecule has 13 nitrogen and oxygen atoms in total. The number of phenols is 1. The lowest BCUT2D eigenvalue weighted by molar-refractivity contribution is -0.149. The van der Waals surface area contributed by atoms with Crippen molar-refractivity contribution in [3.63, 3.8) is 0 Å². The second-order valence-electron chi connectivity index (χ2n) is 13.8. The Morgan fingerprint density at radius 1 is 0.741 bits per heavy atom. The van der Waals surface area contributed by atoms with Gasteiger partial charge in [0.05, 0.1) is 0 Å². The van der Waals surface area contributed by atoms with Crippen molar-refractivity contribution in [2.24, 2.45) is 0 Å². The van der Waals surface area contributed by atoms with Crippen LogP contribution in [0.25, 0.3) is 32.8 Å². The van der Waals surface area contributed by atoms with Crippen LogP contribution in [-0.4, -0.2) is 68.9 Å². The fourth-order valence-corrected chi connectivity index (χ4v) is 7.28. The van der Waals surface area contributed by atoms with Crippen LogP contribution in [0.4, 0.5) is 0 Å². The van der Waals surface area contributed by atoms with Crippen LogP contribution in [0.5, 0.6) is 5.75 Å². The lowest BCUT2D eigenvalue weighted by Crippen LogP contribution is -2.57. The summed E-state index contributed by atoms with van der Waals surface area (Å²) in [4.78, 5) is 75.5. The SMILES string of the molecule is CSCC[C@H](NC(=O)[C@H](Cc1c[nH]c2ccccc12)NC(=O)[C@H](Cc1c[nH]c2ccccc12)NC(=O)c1cc2ccc(O)cc2oc1=O)C(=O)OCc1ccccc1. The van der Waals surface area contributed by atoms with Crippen molar-refractivity contribution in [2.45, 2.75) is 44.0 Å². The molecule has 0 fully saturated rings. The van der Waals surface area contributed by atoms with Gasteiger partial charge in [-0.15, -0.1) is 0 Å². The van der Waals surface area contributed by atoms with Gasteiger partial charge in [-0.05, 0) is 65.5 Å². The predicted molar refractivity (Wildman–Crippen MR) is 223 cm³/mol. The Bertz CT molecular complexity index is 2650. The summed E-state index contributed by atoms with van der Waals surface area (Å²) in [7, 11) is 0. The first-order valence-corrected chi connectivity index (χ1v) is 20.0. The molecule has 3 atom stereocenters. The van der Waals surface area contributed by atoms with E-state index in [4.69, 9.17) is 9.15 Å². The van der Waals surface area contributed by atoms with Gasteiger partial charge in [-0.3, -0.25) is 14.4 Å². The molecule has 0 radical (unpaired) electrons. The van der Waals surface area contributed by atoms with Crippen molar-refractivity contribution in [3.8, 4) is 5.75 Å². The van der Waals surface area contributed by atoms with Crippen LogP contribution in [0.3, 0.4) is 0 Å². The number of aromatic amines is 2. The van der Waals surface area contributed by atoms with Crippen LogP contribution < -0.4 is 21.6 Å². The average molecular weight is 800 g/mol. The van der Waals surface area contributed by atoms with Gasteiger partial charge in [-0.2, -0.15) is 11.8 Å². The largest absolute Gasteiger partial charge is 0.508 e. The first-order chi connectivity index (χ1) is 28.2. The van der Waals surface area contributed by atoms with Gasteiger partial charge >= 0.3 is 11.6 Å². The molecule has 0 unspecified atom stereocenters. The molecule has 6 N–H and O–H groups in total. The molecule has 0 aliphatic heterocycles. The number of carbonyl (C=O) groups is 4. The van der Waals surface area contributed by atoms with Crippen LogP contribution in [0.2, 0.25) is 0 Å². The zero-order chi connectivity index (χ0) is 40.6. The number of amides is 3. The third kappa shape index (κ3) is 9.24. The summed E-state index contributed by atoms with van der Waals surface area (Å²) in [5.74, 6) is -2.39. The molecular weight excluding hydrogens is 759 g/mol. The van der Waals surface area contributed by atoms with Gasteiger partial charge in [-0.1, -0.05) is 66.7 Å². The lowest BCUT2D eigenvalue weighted by atomic mass is 10.0. The molecule has 7 rings (SSSR count). The third-order valence-corrected chi connectivity index (χ3v) is 10.5. The molecule has 296 valence electrons. The van der Waals surface area contributed by atoms with Crippen molar-refractivity contribution >= 4 is 68.2 Å². The first kappa shape index (κ1) is 39.4. The fourth-order valence-electron chi connectivity index (χ4n) is 6.81.